The van der Waals surface area contributed by atoms with E-state index in [0.717, 1.165) is 11.5 Å². The number of hydrogen-bond acceptors (Lipinski definition) is 7. The van der Waals surface area contributed by atoms with E-state index in [1.54, 1.807) is 11.1 Å². The molecule has 122 valence electrons. The van der Waals surface area contributed by atoms with Crippen molar-refractivity contribution >= 4 is 11.7 Å². The minimum absolute atomic E-state index is 0.117. The van der Waals surface area contributed by atoms with Crippen LogP contribution in [0.25, 0.3) is 0 Å². The minimum atomic E-state index is -0.117. The van der Waals surface area contributed by atoms with Crippen LogP contribution < -0.4 is 4.90 Å². The van der Waals surface area contributed by atoms with Gasteiger partial charge in [-0.2, -0.15) is 0 Å². The second-order valence-electron chi connectivity index (χ2n) is 5.45. The van der Waals surface area contributed by atoms with Gasteiger partial charge in [0.2, 0.25) is 0 Å². The highest BCUT2D eigenvalue weighted by atomic mass is 16.5. The van der Waals surface area contributed by atoms with Crippen LogP contribution in [0.3, 0.4) is 0 Å². The van der Waals surface area contributed by atoms with Crippen LogP contribution >= 0.6 is 0 Å². The van der Waals surface area contributed by atoms with Crippen molar-refractivity contribution in [3.8, 4) is 0 Å². The molecule has 1 amide bonds. The molecular formula is C15H19N5O3. The first-order valence-corrected chi connectivity index (χ1v) is 7.46. The van der Waals surface area contributed by atoms with E-state index in [2.05, 4.69) is 15.1 Å². The fourth-order valence-electron chi connectivity index (χ4n) is 2.39. The van der Waals surface area contributed by atoms with Crippen molar-refractivity contribution in [2.45, 2.75) is 13.5 Å². The van der Waals surface area contributed by atoms with Crippen LogP contribution in [-0.2, 0) is 11.3 Å². The van der Waals surface area contributed by atoms with E-state index < -0.39 is 0 Å². The van der Waals surface area contributed by atoms with Gasteiger partial charge in [0.15, 0.2) is 0 Å². The van der Waals surface area contributed by atoms with Crippen molar-refractivity contribution in [3.05, 3.63) is 35.6 Å². The molecule has 0 saturated carbocycles. The van der Waals surface area contributed by atoms with Crippen LogP contribution in [0.15, 0.2) is 23.0 Å². The highest BCUT2D eigenvalue weighted by molar-refractivity contribution is 5.92. The zero-order valence-corrected chi connectivity index (χ0v) is 13.2. The van der Waals surface area contributed by atoms with Gasteiger partial charge in [-0.3, -0.25) is 9.78 Å². The number of morpholine rings is 1. The smallest absolute Gasteiger partial charge is 0.274 e. The molecule has 1 saturated heterocycles. The molecule has 23 heavy (non-hydrogen) atoms. The number of rotatable bonds is 4. The Bertz CT molecular complexity index is 681. The molecule has 0 unspecified atom stereocenters. The molecule has 0 atom stereocenters. The number of carbonyl (C=O) groups is 1. The fraction of sp³-hybridized carbons (Fsp3) is 0.467. The Hall–Kier alpha value is -2.48. The first-order valence-electron chi connectivity index (χ1n) is 7.46. The monoisotopic (exact) mass is 317 g/mol. The van der Waals surface area contributed by atoms with Gasteiger partial charge < -0.3 is 19.1 Å². The van der Waals surface area contributed by atoms with Crippen molar-refractivity contribution in [3.63, 3.8) is 0 Å². The number of nitrogens with zero attached hydrogens (tertiary/aromatic N) is 5. The largest absolute Gasteiger partial charge is 0.378 e. The molecule has 8 nitrogen and oxygen atoms in total. The van der Waals surface area contributed by atoms with E-state index in [1.807, 2.05) is 24.9 Å². The Morgan fingerprint density at radius 1 is 1.35 bits per heavy atom. The van der Waals surface area contributed by atoms with Crippen molar-refractivity contribution in [2.24, 2.45) is 0 Å². The number of aromatic nitrogens is 3. The van der Waals surface area contributed by atoms with Gasteiger partial charge in [0, 0.05) is 26.2 Å². The molecule has 0 radical (unpaired) electrons. The highest BCUT2D eigenvalue weighted by Crippen LogP contribution is 2.13. The molecule has 0 aromatic carbocycles. The predicted octanol–water partition coefficient (Wildman–Crippen LogP) is 0.882. The first kappa shape index (κ1) is 15.4. The van der Waals surface area contributed by atoms with Gasteiger partial charge in [-0.15, -0.1) is 0 Å². The Balaban J connectivity index is 1.72. The second-order valence-corrected chi connectivity index (χ2v) is 5.45. The summed E-state index contributed by atoms with van der Waals surface area (Å²) in [6.07, 6.45) is 3.12. The maximum absolute atomic E-state index is 12.5. The van der Waals surface area contributed by atoms with Gasteiger partial charge in [0.05, 0.1) is 32.2 Å². The van der Waals surface area contributed by atoms with Crippen molar-refractivity contribution in [1.82, 2.24) is 20.0 Å². The maximum atomic E-state index is 12.5. The molecule has 1 fully saturated rings. The zero-order valence-electron chi connectivity index (χ0n) is 13.2. The minimum Gasteiger partial charge on any atom is -0.378 e. The number of ether oxygens (including phenoxy) is 1. The summed E-state index contributed by atoms with van der Waals surface area (Å²) >= 11 is 0. The normalized spacial score (nSPS) is 14.8. The molecule has 0 bridgehead atoms. The number of amides is 1. The van der Waals surface area contributed by atoms with Crippen molar-refractivity contribution < 1.29 is 14.1 Å². The topological polar surface area (TPSA) is 84.6 Å². The molecule has 0 N–H and O–H groups in total. The third-order valence-corrected chi connectivity index (χ3v) is 3.61. The summed E-state index contributed by atoms with van der Waals surface area (Å²) in [7, 11) is 1.87. The van der Waals surface area contributed by atoms with Gasteiger partial charge in [0.25, 0.3) is 5.91 Å². The number of aryl methyl sites for hydroxylation is 1. The molecule has 2 aromatic heterocycles. The third-order valence-electron chi connectivity index (χ3n) is 3.61. The molecule has 3 rings (SSSR count). The van der Waals surface area contributed by atoms with E-state index in [9.17, 15) is 4.79 Å². The van der Waals surface area contributed by atoms with Crippen molar-refractivity contribution in [1.29, 1.82) is 0 Å². The van der Waals surface area contributed by atoms with Crippen LogP contribution in [0.4, 0.5) is 5.82 Å². The van der Waals surface area contributed by atoms with Gasteiger partial charge >= 0.3 is 0 Å². The van der Waals surface area contributed by atoms with Crippen molar-refractivity contribution in [2.75, 3.05) is 38.3 Å². The number of anilines is 1. The van der Waals surface area contributed by atoms with E-state index in [4.69, 9.17) is 9.26 Å². The first-order chi connectivity index (χ1) is 11.1. The Kier molecular flexibility index (Phi) is 4.52. The third kappa shape index (κ3) is 3.65. The molecule has 0 spiro atoms. The number of hydrogen-bond donors (Lipinski definition) is 0. The van der Waals surface area contributed by atoms with Gasteiger partial charge in [-0.25, -0.2) is 4.98 Å². The van der Waals surface area contributed by atoms with Gasteiger partial charge in [0.1, 0.15) is 23.0 Å². The van der Waals surface area contributed by atoms with Crippen LogP contribution in [0.1, 0.15) is 21.9 Å². The standard InChI is InChI=1S/C15H19N5O3/c1-11-7-12(18-23-11)10-19(2)14-9-16-8-13(17-14)15(21)20-3-5-22-6-4-20/h7-9H,3-6,10H2,1-2H3. The van der Waals surface area contributed by atoms with Gasteiger partial charge in [-0.1, -0.05) is 5.16 Å². The molecule has 1 aliphatic heterocycles. The molecular weight excluding hydrogens is 298 g/mol. The van der Waals surface area contributed by atoms with Crippen LogP contribution in [-0.4, -0.2) is 59.3 Å². The second kappa shape index (κ2) is 6.74. The number of carbonyl (C=O) groups excluding carboxylic acids is 1. The Labute approximate surface area is 134 Å². The molecule has 2 aromatic rings. The van der Waals surface area contributed by atoms with Gasteiger partial charge in [-0.05, 0) is 6.92 Å². The van der Waals surface area contributed by atoms with Crippen LogP contribution in [0, 0.1) is 6.92 Å². The quantitative estimate of drug-likeness (QED) is 0.827. The summed E-state index contributed by atoms with van der Waals surface area (Å²) in [5.41, 5.74) is 1.14. The zero-order chi connectivity index (χ0) is 16.2. The lowest BCUT2D eigenvalue weighted by Gasteiger charge is -2.26. The lowest BCUT2D eigenvalue weighted by atomic mass is 10.3. The fourth-order valence-corrected chi connectivity index (χ4v) is 2.39. The highest BCUT2D eigenvalue weighted by Gasteiger charge is 2.20. The Morgan fingerprint density at radius 2 is 2.13 bits per heavy atom. The summed E-state index contributed by atoms with van der Waals surface area (Å²) in [5, 5.41) is 3.96. The summed E-state index contributed by atoms with van der Waals surface area (Å²) in [4.78, 5) is 24.6. The van der Waals surface area contributed by atoms with Crippen LogP contribution in [0.2, 0.25) is 0 Å². The van der Waals surface area contributed by atoms with E-state index in [0.29, 0.717) is 44.4 Å². The summed E-state index contributed by atoms with van der Waals surface area (Å²) in [6.45, 7) is 4.66. The molecule has 3 heterocycles. The predicted molar refractivity (Wildman–Crippen MR) is 82.1 cm³/mol. The molecule has 0 aliphatic carbocycles. The summed E-state index contributed by atoms with van der Waals surface area (Å²) in [5.74, 6) is 1.26. The van der Waals surface area contributed by atoms with E-state index in [1.165, 1.54) is 6.20 Å². The van der Waals surface area contributed by atoms with E-state index >= 15 is 0 Å². The average Bonchev–Trinajstić information content (AvgIpc) is 3.00. The summed E-state index contributed by atoms with van der Waals surface area (Å²) < 4.78 is 10.3. The Morgan fingerprint density at radius 3 is 2.83 bits per heavy atom. The molecule has 8 heteroatoms. The maximum Gasteiger partial charge on any atom is 0.274 e. The van der Waals surface area contributed by atoms with Crippen LogP contribution in [0.5, 0.6) is 0 Å². The van der Waals surface area contributed by atoms with E-state index in [-0.39, 0.29) is 5.91 Å². The SMILES string of the molecule is Cc1cc(CN(C)c2cncc(C(=O)N3CCOCC3)n2)no1. The lowest BCUT2D eigenvalue weighted by molar-refractivity contribution is 0.0299. The average molecular weight is 317 g/mol. The molecule has 1 aliphatic rings. The lowest BCUT2D eigenvalue weighted by Crippen LogP contribution is -2.41. The summed E-state index contributed by atoms with van der Waals surface area (Å²) in [6, 6.07) is 1.87.